The molecule has 0 aromatic heterocycles. The van der Waals surface area contributed by atoms with Crippen LogP contribution in [0.1, 0.15) is 114 Å². The highest BCUT2D eigenvalue weighted by Crippen LogP contribution is 2.22. The number of sulfonamides is 1. The van der Waals surface area contributed by atoms with Crippen LogP contribution < -0.4 is 0 Å². The Morgan fingerprint density at radius 3 is 1.29 bits per heavy atom. The fraction of sp³-hybridized carbons (Fsp3) is 0.640. The summed E-state index contributed by atoms with van der Waals surface area (Å²) in [5.74, 6) is 0.192. The number of urea groups is 1. The molecular weight excluding hydrogens is 859 g/mol. The highest BCUT2D eigenvalue weighted by molar-refractivity contribution is 7.88. The first-order valence-electron chi connectivity index (χ1n) is 23.0. The molecule has 6 rings (SSSR count). The lowest BCUT2D eigenvalue weighted by molar-refractivity contribution is -0.128. The molecule has 0 aliphatic carbocycles. The number of hydrogen-bond acceptors (Lipinski definition) is 7. The molecular formula is C50H85N7O6S2. The van der Waals surface area contributed by atoms with Gasteiger partial charge >= 0.3 is 6.03 Å². The Labute approximate surface area is 395 Å². The number of carbonyl (C=O) groups is 2. The van der Waals surface area contributed by atoms with E-state index in [1.54, 1.807) is 51.2 Å². The van der Waals surface area contributed by atoms with Crippen molar-refractivity contribution < 1.29 is 26.4 Å². The zero-order valence-electron chi connectivity index (χ0n) is 43.1. The predicted molar refractivity (Wildman–Crippen MR) is 270 cm³/mol. The molecule has 0 N–H and O–H groups in total. The van der Waals surface area contributed by atoms with Crippen LogP contribution >= 0.6 is 0 Å². The number of amides is 3. The van der Waals surface area contributed by atoms with Crippen molar-refractivity contribution in [2.24, 2.45) is 0 Å². The maximum atomic E-state index is 11.8. The van der Waals surface area contributed by atoms with E-state index in [1.165, 1.54) is 82.3 Å². The van der Waals surface area contributed by atoms with Crippen LogP contribution in [0, 0.1) is 0 Å². The van der Waals surface area contributed by atoms with Crippen molar-refractivity contribution in [1.82, 2.24) is 32.5 Å². The molecule has 0 spiro atoms. The van der Waals surface area contributed by atoms with E-state index >= 15 is 0 Å². The average molecular weight is 944 g/mol. The SMILES string of the molecule is CC(=O)N1CCC(C)=C(C)C1.CC1=C(C)CN(C(=O)N(C)C)CC1.CC1=C(C)CN(Cc2ccccc2)CC1.CC1=C(C)CN(S(=O)(=O)N(C)C)CC1.CC1=C(C)CN(S(C)(=O)=O)CC1. The van der Waals surface area contributed by atoms with Crippen LogP contribution in [0.2, 0.25) is 0 Å². The van der Waals surface area contributed by atoms with Crippen molar-refractivity contribution >= 4 is 32.2 Å². The standard InChI is InChI=1S/C14H19N.C10H18N2O.C9H18N2O2S.C9H15NO.C8H15NO2S/c1-12-8-9-15(10-13(12)2)11-14-6-4-3-5-7-14;1-8-5-6-12(7-9(8)2)10(13)11(3)4;1-8-5-6-11(7-9(8)2)14(12,13)10(3)4;1-7-4-5-10(9(3)11)6-8(7)2;1-7-4-5-9(6-8(7)2)12(3,10)11/h3-7H,8-11H2,1-2H3;5-7H2,1-4H3;5-7H2,1-4H3;4-6H2,1-3H3;4-6H2,1-3H3. The van der Waals surface area contributed by atoms with Gasteiger partial charge in [0.05, 0.1) is 6.26 Å². The van der Waals surface area contributed by atoms with Crippen LogP contribution in [0.5, 0.6) is 0 Å². The molecule has 15 heteroatoms. The van der Waals surface area contributed by atoms with Crippen LogP contribution in [-0.4, -0.2) is 161 Å². The van der Waals surface area contributed by atoms with Gasteiger partial charge in [0, 0.05) is 107 Å². The van der Waals surface area contributed by atoms with Gasteiger partial charge in [-0.25, -0.2) is 13.2 Å². The third kappa shape index (κ3) is 19.3. The Kier molecular flexibility index (Phi) is 23.6. The van der Waals surface area contributed by atoms with E-state index in [4.69, 9.17) is 0 Å². The molecule has 0 saturated carbocycles. The molecule has 3 amide bonds. The summed E-state index contributed by atoms with van der Waals surface area (Å²) in [6.07, 6.45) is 6.29. The summed E-state index contributed by atoms with van der Waals surface area (Å²) in [5.41, 5.74) is 15.1. The summed E-state index contributed by atoms with van der Waals surface area (Å²) in [7, 11) is 0.513. The highest BCUT2D eigenvalue weighted by Gasteiger charge is 2.27. The van der Waals surface area contributed by atoms with E-state index in [0.29, 0.717) is 26.2 Å². The topological polar surface area (TPSA) is 125 Å². The first-order valence-corrected chi connectivity index (χ1v) is 26.3. The second kappa shape index (κ2) is 26.7. The van der Waals surface area contributed by atoms with Gasteiger partial charge in [0.1, 0.15) is 0 Å². The van der Waals surface area contributed by atoms with Crippen LogP contribution in [-0.2, 0) is 31.6 Å². The molecule has 1 aromatic rings. The molecule has 0 radical (unpaired) electrons. The number of carbonyl (C=O) groups excluding carboxylic acids is 2. The van der Waals surface area contributed by atoms with Crippen molar-refractivity contribution in [2.45, 2.75) is 115 Å². The zero-order valence-corrected chi connectivity index (χ0v) is 44.7. The Bertz CT molecular complexity index is 2160. The fourth-order valence-corrected chi connectivity index (χ4v) is 9.48. The van der Waals surface area contributed by atoms with Crippen LogP contribution in [0.15, 0.2) is 86.1 Å². The van der Waals surface area contributed by atoms with Gasteiger partial charge in [-0.3, -0.25) is 9.69 Å². The Hall–Kier alpha value is -3.60. The largest absolute Gasteiger partial charge is 0.339 e. The molecule has 0 saturated heterocycles. The molecule has 5 heterocycles. The summed E-state index contributed by atoms with van der Waals surface area (Å²) in [6, 6.07) is 10.9. The number of nitrogens with zero attached hydrogens (tertiary/aromatic N) is 7. The van der Waals surface area contributed by atoms with Crippen LogP contribution in [0.3, 0.4) is 0 Å². The molecule has 1 aromatic carbocycles. The summed E-state index contributed by atoms with van der Waals surface area (Å²) in [6.45, 7) is 31.9. The molecule has 0 atom stereocenters. The van der Waals surface area contributed by atoms with Crippen molar-refractivity contribution in [3.05, 3.63) is 91.6 Å². The lowest BCUT2D eigenvalue weighted by Crippen LogP contribution is -2.43. The van der Waals surface area contributed by atoms with Gasteiger partial charge in [0.25, 0.3) is 10.2 Å². The maximum Gasteiger partial charge on any atom is 0.319 e. The normalized spacial score (nSPS) is 19.4. The molecule has 0 unspecified atom stereocenters. The minimum Gasteiger partial charge on any atom is -0.339 e. The van der Waals surface area contributed by atoms with Gasteiger partial charge in [-0.1, -0.05) is 86.1 Å². The van der Waals surface area contributed by atoms with E-state index in [0.717, 1.165) is 65.0 Å². The smallest absolute Gasteiger partial charge is 0.319 e. The predicted octanol–water partition coefficient (Wildman–Crippen LogP) is 8.34. The van der Waals surface area contributed by atoms with Gasteiger partial charge in [0.15, 0.2) is 0 Å². The average Bonchev–Trinajstić information content (AvgIpc) is 3.23. The third-order valence-corrected chi connectivity index (χ3v) is 16.3. The zero-order chi connectivity index (χ0) is 49.4. The molecule has 65 heavy (non-hydrogen) atoms. The quantitative estimate of drug-likeness (QED) is 0.272. The van der Waals surface area contributed by atoms with E-state index in [-0.39, 0.29) is 11.9 Å². The van der Waals surface area contributed by atoms with Crippen LogP contribution in [0.4, 0.5) is 4.79 Å². The van der Waals surface area contributed by atoms with Crippen molar-refractivity contribution in [1.29, 1.82) is 0 Å². The number of benzene rings is 1. The summed E-state index contributed by atoms with van der Waals surface area (Å²) in [4.78, 5) is 30.5. The second-order valence-corrected chi connectivity index (χ2v) is 23.1. The molecule has 0 bridgehead atoms. The Morgan fingerprint density at radius 2 is 0.892 bits per heavy atom. The van der Waals surface area contributed by atoms with E-state index in [9.17, 15) is 26.4 Å². The van der Waals surface area contributed by atoms with Crippen LogP contribution in [0.25, 0.3) is 0 Å². The molecule has 5 aliphatic heterocycles. The van der Waals surface area contributed by atoms with Gasteiger partial charge in [-0.2, -0.15) is 21.3 Å². The first-order chi connectivity index (χ1) is 30.1. The van der Waals surface area contributed by atoms with E-state index < -0.39 is 20.2 Å². The minimum atomic E-state index is -3.22. The van der Waals surface area contributed by atoms with Gasteiger partial charge < -0.3 is 14.7 Å². The maximum absolute atomic E-state index is 11.8. The van der Waals surface area contributed by atoms with Crippen molar-refractivity contribution in [3.8, 4) is 0 Å². The molecule has 0 fully saturated rings. The van der Waals surface area contributed by atoms with E-state index in [1.807, 2.05) is 23.6 Å². The van der Waals surface area contributed by atoms with Crippen molar-refractivity contribution in [2.75, 3.05) is 99.9 Å². The lowest BCUT2D eigenvalue weighted by atomic mass is 10.0. The molecule has 13 nitrogen and oxygen atoms in total. The number of hydrogen-bond donors (Lipinski definition) is 0. The summed E-state index contributed by atoms with van der Waals surface area (Å²) in [5, 5.41) is 0. The van der Waals surface area contributed by atoms with Crippen molar-refractivity contribution in [3.63, 3.8) is 0 Å². The fourth-order valence-electron chi connectivity index (χ4n) is 7.49. The third-order valence-electron chi connectivity index (χ3n) is 13.2. The lowest BCUT2D eigenvalue weighted by Gasteiger charge is -2.30. The summed E-state index contributed by atoms with van der Waals surface area (Å²) < 4.78 is 50.1. The Balaban J connectivity index is 0.000000280. The van der Waals surface area contributed by atoms with Gasteiger partial charge in [0.2, 0.25) is 15.9 Å². The monoisotopic (exact) mass is 944 g/mol. The molecule has 368 valence electrons. The van der Waals surface area contributed by atoms with E-state index in [2.05, 4.69) is 90.6 Å². The minimum absolute atomic E-state index is 0.117. The number of rotatable bonds is 5. The second-order valence-electron chi connectivity index (χ2n) is 19.0. The Morgan fingerprint density at radius 1 is 0.508 bits per heavy atom. The summed E-state index contributed by atoms with van der Waals surface area (Å²) >= 11 is 0. The molecule has 5 aliphatic rings. The highest BCUT2D eigenvalue weighted by atomic mass is 32.2. The van der Waals surface area contributed by atoms with Gasteiger partial charge in [-0.05, 0) is 107 Å². The first kappa shape index (κ1) is 57.5. The van der Waals surface area contributed by atoms with Gasteiger partial charge in [-0.15, -0.1) is 0 Å².